The lowest BCUT2D eigenvalue weighted by molar-refractivity contribution is -0.159. The predicted molar refractivity (Wildman–Crippen MR) is 110 cm³/mol. The first kappa shape index (κ1) is 24.6. The number of ether oxygens (including phenoxy) is 4. The molecular weight excluding hydrogens is 394 g/mol. The zero-order valence-electron chi connectivity index (χ0n) is 17.4. The Labute approximate surface area is 175 Å². The van der Waals surface area contributed by atoms with Crippen molar-refractivity contribution in [3.05, 3.63) is 47.5 Å². The van der Waals surface area contributed by atoms with Gasteiger partial charge in [0.2, 0.25) is 0 Å². The van der Waals surface area contributed by atoms with E-state index in [9.17, 15) is 0 Å². The van der Waals surface area contributed by atoms with Gasteiger partial charge in [-0.2, -0.15) is 0 Å². The van der Waals surface area contributed by atoms with Crippen LogP contribution in [0.4, 0.5) is 0 Å². The van der Waals surface area contributed by atoms with Gasteiger partial charge in [-0.05, 0) is 48.4 Å². The molecule has 164 valence electrons. The molecular formula is C21H27NO8. The summed E-state index contributed by atoms with van der Waals surface area (Å²) >= 11 is 0. The van der Waals surface area contributed by atoms with Gasteiger partial charge in [-0.15, -0.1) is 0 Å². The zero-order chi connectivity index (χ0) is 22.5. The number of aliphatic carboxylic acids is 2. The molecule has 2 aromatic rings. The summed E-state index contributed by atoms with van der Waals surface area (Å²) in [7, 11) is 6.60. The van der Waals surface area contributed by atoms with Gasteiger partial charge in [0.1, 0.15) is 11.5 Å². The highest BCUT2D eigenvalue weighted by molar-refractivity contribution is 6.27. The molecule has 0 atom stereocenters. The average molecular weight is 421 g/mol. The van der Waals surface area contributed by atoms with Crippen molar-refractivity contribution in [2.24, 2.45) is 0 Å². The van der Waals surface area contributed by atoms with E-state index in [0.29, 0.717) is 0 Å². The van der Waals surface area contributed by atoms with Crippen LogP contribution in [0.25, 0.3) is 0 Å². The number of methoxy groups -OCH3 is 4. The summed E-state index contributed by atoms with van der Waals surface area (Å²) in [5, 5.41) is 18.2. The topological polar surface area (TPSA) is 124 Å². The van der Waals surface area contributed by atoms with Crippen LogP contribution < -0.4 is 24.3 Å². The number of carbonyl (C=O) groups is 2. The molecule has 30 heavy (non-hydrogen) atoms. The molecule has 2 aromatic carbocycles. The Morgan fingerprint density at radius 3 is 1.80 bits per heavy atom. The van der Waals surface area contributed by atoms with Crippen LogP contribution in [0.2, 0.25) is 0 Å². The first-order valence-corrected chi connectivity index (χ1v) is 8.94. The van der Waals surface area contributed by atoms with Gasteiger partial charge in [-0.1, -0.05) is 6.07 Å². The minimum absolute atomic E-state index is 0.748. The van der Waals surface area contributed by atoms with E-state index < -0.39 is 11.9 Å². The minimum Gasteiger partial charge on any atom is -0.497 e. The summed E-state index contributed by atoms with van der Waals surface area (Å²) in [5.74, 6) is -0.549. The van der Waals surface area contributed by atoms with E-state index in [1.165, 1.54) is 5.56 Å². The molecule has 0 aromatic heterocycles. The van der Waals surface area contributed by atoms with Gasteiger partial charge in [0, 0.05) is 12.6 Å². The largest absolute Gasteiger partial charge is 0.497 e. The van der Waals surface area contributed by atoms with Crippen molar-refractivity contribution in [3.63, 3.8) is 0 Å². The Morgan fingerprint density at radius 2 is 1.33 bits per heavy atom. The fourth-order valence-electron chi connectivity index (χ4n) is 2.47. The number of carboxylic acids is 2. The summed E-state index contributed by atoms with van der Waals surface area (Å²) in [6, 6.07) is 11.9. The number of carboxylic acid groups (broad SMARTS) is 2. The Bertz CT molecular complexity index is 804. The molecule has 0 radical (unpaired) electrons. The molecule has 0 aliphatic heterocycles. The van der Waals surface area contributed by atoms with Crippen molar-refractivity contribution in [1.82, 2.24) is 5.32 Å². The zero-order valence-corrected chi connectivity index (χ0v) is 17.4. The third-order valence-corrected chi connectivity index (χ3v) is 3.96. The highest BCUT2D eigenvalue weighted by atomic mass is 16.5. The van der Waals surface area contributed by atoms with Gasteiger partial charge in [0.15, 0.2) is 11.5 Å². The third-order valence-electron chi connectivity index (χ3n) is 3.96. The molecule has 3 N–H and O–H groups in total. The van der Waals surface area contributed by atoms with Gasteiger partial charge in [-0.25, -0.2) is 9.59 Å². The van der Waals surface area contributed by atoms with E-state index >= 15 is 0 Å². The van der Waals surface area contributed by atoms with E-state index in [4.69, 9.17) is 38.7 Å². The molecule has 0 saturated carbocycles. The molecule has 0 spiro atoms. The van der Waals surface area contributed by atoms with Crippen molar-refractivity contribution in [1.29, 1.82) is 0 Å². The number of rotatable bonds is 9. The molecule has 9 nitrogen and oxygen atoms in total. The van der Waals surface area contributed by atoms with Gasteiger partial charge in [0.05, 0.1) is 28.4 Å². The van der Waals surface area contributed by atoms with E-state index in [2.05, 4.69) is 11.4 Å². The van der Waals surface area contributed by atoms with E-state index in [1.807, 2.05) is 30.3 Å². The van der Waals surface area contributed by atoms with Gasteiger partial charge >= 0.3 is 11.9 Å². The molecule has 0 amide bonds. The van der Waals surface area contributed by atoms with Crippen LogP contribution in [0.15, 0.2) is 36.4 Å². The van der Waals surface area contributed by atoms with Crippen LogP contribution >= 0.6 is 0 Å². The Morgan fingerprint density at radius 1 is 0.767 bits per heavy atom. The van der Waals surface area contributed by atoms with Gasteiger partial charge < -0.3 is 34.5 Å². The lowest BCUT2D eigenvalue weighted by Crippen LogP contribution is -2.16. The standard InChI is InChI=1S/C19H25NO4.C2H2O4/c1-21-16-9-15(10-17(12-16)22-2)13-20-8-7-14-5-6-18(23-3)19(11-14)24-4;3-1(4)2(5)6/h5-6,9-12,20H,7-8,13H2,1-4H3;(H,3,4)(H,5,6). The highest BCUT2D eigenvalue weighted by Gasteiger charge is 2.05. The maximum atomic E-state index is 9.10. The average Bonchev–Trinajstić information content (AvgIpc) is 2.76. The van der Waals surface area contributed by atoms with Crippen molar-refractivity contribution < 1.29 is 38.7 Å². The quantitative estimate of drug-likeness (QED) is 0.413. The summed E-state index contributed by atoms with van der Waals surface area (Å²) in [6.45, 7) is 1.61. The Balaban J connectivity index is 0.000000656. The number of nitrogens with one attached hydrogen (secondary N) is 1. The monoisotopic (exact) mass is 421 g/mol. The summed E-state index contributed by atoms with van der Waals surface area (Å²) in [5.41, 5.74) is 2.32. The molecule has 9 heteroatoms. The van der Waals surface area contributed by atoms with E-state index in [1.54, 1.807) is 28.4 Å². The first-order chi connectivity index (χ1) is 14.3. The molecule has 0 heterocycles. The smallest absolute Gasteiger partial charge is 0.414 e. The van der Waals surface area contributed by atoms with Crippen LogP contribution in [0.3, 0.4) is 0 Å². The van der Waals surface area contributed by atoms with Gasteiger partial charge in [-0.3, -0.25) is 0 Å². The third kappa shape index (κ3) is 8.27. The van der Waals surface area contributed by atoms with E-state index in [-0.39, 0.29) is 0 Å². The normalized spacial score (nSPS) is 9.73. The lowest BCUT2D eigenvalue weighted by atomic mass is 10.1. The molecule has 0 saturated heterocycles. The molecule has 2 rings (SSSR count). The van der Waals surface area contributed by atoms with Crippen LogP contribution in [0.1, 0.15) is 11.1 Å². The fraction of sp³-hybridized carbons (Fsp3) is 0.333. The minimum atomic E-state index is -1.82. The molecule has 0 bridgehead atoms. The first-order valence-electron chi connectivity index (χ1n) is 8.94. The number of hydrogen-bond donors (Lipinski definition) is 3. The van der Waals surface area contributed by atoms with E-state index in [0.717, 1.165) is 48.1 Å². The predicted octanol–water partition coefficient (Wildman–Crippen LogP) is 2.21. The second-order valence-corrected chi connectivity index (χ2v) is 5.95. The van der Waals surface area contributed by atoms with Crippen molar-refractivity contribution >= 4 is 11.9 Å². The second kappa shape index (κ2) is 12.9. The highest BCUT2D eigenvalue weighted by Crippen LogP contribution is 2.27. The summed E-state index contributed by atoms with van der Waals surface area (Å²) < 4.78 is 21.2. The lowest BCUT2D eigenvalue weighted by Gasteiger charge is -2.11. The second-order valence-electron chi connectivity index (χ2n) is 5.95. The number of benzene rings is 2. The molecule has 0 fully saturated rings. The SMILES string of the molecule is COc1cc(CNCCc2ccc(OC)c(OC)c2)cc(OC)c1.O=C(O)C(=O)O. The van der Waals surface area contributed by atoms with Crippen LogP contribution in [0.5, 0.6) is 23.0 Å². The van der Waals surface area contributed by atoms with Crippen LogP contribution in [-0.4, -0.2) is 57.1 Å². The van der Waals surface area contributed by atoms with Crippen LogP contribution in [-0.2, 0) is 22.6 Å². The summed E-state index contributed by atoms with van der Waals surface area (Å²) in [6.07, 6.45) is 0.904. The fourth-order valence-corrected chi connectivity index (χ4v) is 2.47. The molecule has 0 unspecified atom stereocenters. The summed E-state index contributed by atoms with van der Waals surface area (Å²) in [4.78, 5) is 18.2. The van der Waals surface area contributed by atoms with Gasteiger partial charge in [0.25, 0.3) is 0 Å². The molecule has 0 aliphatic carbocycles. The Hall–Kier alpha value is -3.46. The maximum absolute atomic E-state index is 9.10. The van der Waals surface area contributed by atoms with Crippen LogP contribution in [0, 0.1) is 0 Å². The maximum Gasteiger partial charge on any atom is 0.414 e. The molecule has 0 aliphatic rings. The Kier molecular flexibility index (Phi) is 10.6. The number of hydrogen-bond acceptors (Lipinski definition) is 7. The van der Waals surface area contributed by atoms with Crippen molar-refractivity contribution in [2.45, 2.75) is 13.0 Å². The van der Waals surface area contributed by atoms with Crippen molar-refractivity contribution in [3.8, 4) is 23.0 Å². The van der Waals surface area contributed by atoms with Crippen molar-refractivity contribution in [2.75, 3.05) is 35.0 Å².